The van der Waals surface area contributed by atoms with Crippen molar-refractivity contribution in [2.24, 2.45) is 17.8 Å². The lowest BCUT2D eigenvalue weighted by molar-refractivity contribution is -0.269. The number of ether oxygens (including phenoxy) is 2. The Labute approximate surface area is 191 Å². The van der Waals surface area contributed by atoms with E-state index in [1.807, 2.05) is 0 Å². The van der Waals surface area contributed by atoms with Crippen LogP contribution < -0.4 is 0 Å². The molecule has 0 saturated carbocycles. The van der Waals surface area contributed by atoms with Gasteiger partial charge in [0, 0.05) is 0 Å². The van der Waals surface area contributed by atoms with Gasteiger partial charge in [0.25, 0.3) is 0 Å². The third-order valence-electron chi connectivity index (χ3n) is 6.49. The Hall–Kier alpha value is -0.460. The standard InChI is InChI=1S/C26H50O5/c1-19(2)10-6-11-20(3)12-7-13-21(4)14-8-15-22(5)16-9-17-30-26-25(29)24(28)23(27)18-31-26/h16,19-21,23-29H,6-15,17-18H2,1-5H3/t20?,21?,23-,24+,25-,26?/m1/s1. The molecule has 1 rings (SSSR count). The third kappa shape index (κ3) is 13.0. The molecule has 1 aliphatic rings. The van der Waals surface area contributed by atoms with Crippen LogP contribution in [0.1, 0.15) is 98.8 Å². The zero-order valence-electron chi connectivity index (χ0n) is 20.8. The van der Waals surface area contributed by atoms with Crippen molar-refractivity contribution in [3.05, 3.63) is 11.6 Å². The number of aliphatic hydroxyl groups is 3. The van der Waals surface area contributed by atoms with E-state index in [2.05, 4.69) is 40.7 Å². The van der Waals surface area contributed by atoms with Gasteiger partial charge in [-0.25, -0.2) is 0 Å². The molecule has 3 unspecified atom stereocenters. The highest BCUT2D eigenvalue weighted by molar-refractivity contribution is 4.97. The van der Waals surface area contributed by atoms with Crippen LogP contribution in [-0.4, -0.2) is 53.1 Å². The summed E-state index contributed by atoms with van der Waals surface area (Å²) in [6, 6.07) is 0. The Bertz CT molecular complexity index is 478. The molecule has 0 aromatic rings. The largest absolute Gasteiger partial charge is 0.388 e. The van der Waals surface area contributed by atoms with E-state index in [-0.39, 0.29) is 6.61 Å². The first-order chi connectivity index (χ1) is 14.7. The van der Waals surface area contributed by atoms with Gasteiger partial charge in [-0.15, -0.1) is 0 Å². The van der Waals surface area contributed by atoms with E-state index < -0.39 is 24.6 Å². The first kappa shape index (κ1) is 28.6. The van der Waals surface area contributed by atoms with Crippen molar-refractivity contribution in [2.75, 3.05) is 13.2 Å². The minimum atomic E-state index is -1.22. The average molecular weight is 443 g/mol. The molecular weight excluding hydrogens is 392 g/mol. The van der Waals surface area contributed by atoms with Gasteiger partial charge in [-0.05, 0) is 43.9 Å². The summed E-state index contributed by atoms with van der Waals surface area (Å²) in [6.07, 6.45) is 10.4. The molecule has 0 amide bonds. The topological polar surface area (TPSA) is 79.2 Å². The van der Waals surface area contributed by atoms with Crippen LogP contribution in [0.3, 0.4) is 0 Å². The summed E-state index contributed by atoms with van der Waals surface area (Å²) in [5.74, 6) is 2.50. The zero-order valence-corrected chi connectivity index (χ0v) is 20.8. The summed E-state index contributed by atoms with van der Waals surface area (Å²) in [5, 5.41) is 29.0. The third-order valence-corrected chi connectivity index (χ3v) is 6.49. The summed E-state index contributed by atoms with van der Waals surface area (Å²) >= 11 is 0. The summed E-state index contributed by atoms with van der Waals surface area (Å²) in [7, 11) is 0. The highest BCUT2D eigenvalue weighted by atomic mass is 16.7. The minimum absolute atomic E-state index is 0.0208. The zero-order chi connectivity index (χ0) is 23.2. The maximum atomic E-state index is 9.86. The van der Waals surface area contributed by atoms with Gasteiger partial charge in [0.05, 0.1) is 13.2 Å². The first-order valence-electron chi connectivity index (χ1n) is 12.6. The molecule has 0 aliphatic carbocycles. The summed E-state index contributed by atoms with van der Waals surface area (Å²) < 4.78 is 10.8. The van der Waals surface area contributed by atoms with Gasteiger partial charge in [-0.1, -0.05) is 84.3 Å². The van der Waals surface area contributed by atoms with E-state index in [4.69, 9.17) is 9.47 Å². The van der Waals surface area contributed by atoms with Gasteiger partial charge in [0.2, 0.25) is 0 Å². The van der Waals surface area contributed by atoms with Crippen molar-refractivity contribution in [3.63, 3.8) is 0 Å². The van der Waals surface area contributed by atoms with E-state index in [0.717, 1.165) is 30.6 Å². The van der Waals surface area contributed by atoms with Gasteiger partial charge in [0.1, 0.15) is 18.3 Å². The molecule has 6 atom stereocenters. The predicted molar refractivity (Wildman–Crippen MR) is 127 cm³/mol. The number of aliphatic hydroxyl groups excluding tert-OH is 3. The van der Waals surface area contributed by atoms with Crippen LogP contribution in [0.4, 0.5) is 0 Å². The van der Waals surface area contributed by atoms with E-state index >= 15 is 0 Å². The van der Waals surface area contributed by atoms with Crippen LogP contribution in [0.15, 0.2) is 11.6 Å². The molecule has 1 saturated heterocycles. The van der Waals surface area contributed by atoms with E-state index in [0.29, 0.717) is 6.61 Å². The smallest absolute Gasteiger partial charge is 0.186 e. The minimum Gasteiger partial charge on any atom is -0.388 e. The van der Waals surface area contributed by atoms with Crippen LogP contribution in [-0.2, 0) is 9.47 Å². The van der Waals surface area contributed by atoms with Crippen molar-refractivity contribution < 1.29 is 24.8 Å². The highest BCUT2D eigenvalue weighted by Crippen LogP contribution is 2.22. The van der Waals surface area contributed by atoms with E-state index in [1.165, 1.54) is 56.9 Å². The predicted octanol–water partition coefficient (Wildman–Crippen LogP) is 5.22. The molecule has 1 fully saturated rings. The lowest BCUT2D eigenvalue weighted by atomic mass is 9.91. The number of hydrogen-bond acceptors (Lipinski definition) is 5. The maximum Gasteiger partial charge on any atom is 0.186 e. The van der Waals surface area contributed by atoms with Crippen LogP contribution in [0.2, 0.25) is 0 Å². The van der Waals surface area contributed by atoms with Crippen LogP contribution in [0, 0.1) is 17.8 Å². The van der Waals surface area contributed by atoms with Gasteiger partial charge in [-0.3, -0.25) is 0 Å². The number of hydrogen-bond donors (Lipinski definition) is 3. The van der Waals surface area contributed by atoms with E-state index in [9.17, 15) is 15.3 Å². The summed E-state index contributed by atoms with van der Waals surface area (Å²) in [6.45, 7) is 12.0. The first-order valence-corrected chi connectivity index (χ1v) is 12.6. The monoisotopic (exact) mass is 442 g/mol. The molecule has 31 heavy (non-hydrogen) atoms. The average Bonchev–Trinajstić information content (AvgIpc) is 2.70. The number of allylic oxidation sites excluding steroid dienone is 1. The SMILES string of the molecule is CC(=CCCOC1OC[C@@H](O)[C@H](O)[C@H]1O)CCCC(C)CCCC(C)CCCC(C)C. The van der Waals surface area contributed by atoms with Gasteiger partial charge >= 0.3 is 0 Å². The van der Waals surface area contributed by atoms with Crippen molar-refractivity contribution in [1.29, 1.82) is 0 Å². The molecule has 184 valence electrons. The Morgan fingerprint density at radius 2 is 1.48 bits per heavy atom. The Morgan fingerprint density at radius 3 is 2.10 bits per heavy atom. The molecule has 0 radical (unpaired) electrons. The van der Waals surface area contributed by atoms with Crippen molar-refractivity contribution >= 4 is 0 Å². The molecule has 5 heteroatoms. The van der Waals surface area contributed by atoms with E-state index in [1.54, 1.807) is 0 Å². The molecule has 0 aromatic heterocycles. The van der Waals surface area contributed by atoms with Gasteiger partial charge in [-0.2, -0.15) is 0 Å². The molecule has 0 spiro atoms. The van der Waals surface area contributed by atoms with Gasteiger partial charge < -0.3 is 24.8 Å². The lowest BCUT2D eigenvalue weighted by Gasteiger charge is -2.34. The van der Waals surface area contributed by atoms with Crippen molar-refractivity contribution in [1.82, 2.24) is 0 Å². The summed E-state index contributed by atoms with van der Waals surface area (Å²) in [5.41, 5.74) is 1.37. The second kappa shape index (κ2) is 16.2. The Kier molecular flexibility index (Phi) is 14.9. The molecule has 1 aliphatic heterocycles. The molecule has 3 N–H and O–H groups in total. The molecular formula is C26H50O5. The number of rotatable bonds is 16. The van der Waals surface area contributed by atoms with Crippen molar-refractivity contribution in [3.8, 4) is 0 Å². The van der Waals surface area contributed by atoms with Gasteiger partial charge in [0.15, 0.2) is 6.29 Å². The van der Waals surface area contributed by atoms with Crippen LogP contribution in [0.25, 0.3) is 0 Å². The fourth-order valence-corrected chi connectivity index (χ4v) is 4.22. The molecule has 5 nitrogen and oxygen atoms in total. The molecule has 0 bridgehead atoms. The fourth-order valence-electron chi connectivity index (χ4n) is 4.22. The lowest BCUT2D eigenvalue weighted by Crippen LogP contribution is -2.53. The second-order valence-corrected chi connectivity index (χ2v) is 10.3. The molecule has 0 aromatic carbocycles. The normalized spacial score (nSPS) is 26.9. The Morgan fingerprint density at radius 1 is 0.903 bits per heavy atom. The summed E-state index contributed by atoms with van der Waals surface area (Å²) in [4.78, 5) is 0. The quantitative estimate of drug-likeness (QED) is 0.226. The fraction of sp³-hybridized carbons (Fsp3) is 0.923. The highest BCUT2D eigenvalue weighted by Gasteiger charge is 2.37. The second-order valence-electron chi connectivity index (χ2n) is 10.3. The van der Waals surface area contributed by atoms with Crippen LogP contribution >= 0.6 is 0 Å². The Balaban J connectivity index is 2.06. The maximum absolute atomic E-state index is 9.86. The van der Waals surface area contributed by atoms with Crippen molar-refractivity contribution in [2.45, 2.75) is 123 Å². The molecule has 1 heterocycles. The van der Waals surface area contributed by atoms with Crippen LogP contribution in [0.5, 0.6) is 0 Å².